The van der Waals surface area contributed by atoms with E-state index >= 15 is 0 Å². The number of rotatable bonds is 5. The predicted molar refractivity (Wildman–Crippen MR) is 127 cm³/mol. The number of carbonyl (C=O) groups excluding carboxylic acids is 1. The first-order chi connectivity index (χ1) is 15.1. The molecule has 1 saturated heterocycles. The molecular formula is C25H24N2O3S. The van der Waals surface area contributed by atoms with Crippen LogP contribution in [0.3, 0.4) is 0 Å². The number of hydrogen-bond donors (Lipinski definition) is 0. The third kappa shape index (κ3) is 4.75. The number of amidine groups is 1. The van der Waals surface area contributed by atoms with Crippen molar-refractivity contribution in [3.63, 3.8) is 0 Å². The van der Waals surface area contributed by atoms with Crippen LogP contribution >= 0.6 is 11.8 Å². The van der Waals surface area contributed by atoms with Crippen LogP contribution in [0.1, 0.15) is 12.0 Å². The van der Waals surface area contributed by atoms with Gasteiger partial charge in [0.05, 0.1) is 24.8 Å². The van der Waals surface area contributed by atoms with Gasteiger partial charge in [0.1, 0.15) is 11.5 Å². The van der Waals surface area contributed by atoms with E-state index in [4.69, 9.17) is 9.47 Å². The lowest BCUT2D eigenvalue weighted by atomic mass is 9.89. The first-order valence-electron chi connectivity index (χ1n) is 9.99. The molecule has 31 heavy (non-hydrogen) atoms. The van der Waals surface area contributed by atoms with Gasteiger partial charge in [-0.05, 0) is 65.7 Å². The standard InChI is InChI=1S/C25H24N2O3S/c1-27-24(28)23(31-25(27)26-20-9-13-22(30-3)14-10-20)16-17-5-4-6-19(15-17)18-7-11-21(29-2)12-8-18/h4-14,16-17H,15H2,1-3H3/b23-16-,26-25+. The molecule has 2 aliphatic rings. The van der Waals surface area contributed by atoms with Gasteiger partial charge in [-0.3, -0.25) is 9.69 Å². The van der Waals surface area contributed by atoms with Gasteiger partial charge in [-0.15, -0.1) is 0 Å². The van der Waals surface area contributed by atoms with E-state index in [1.165, 1.54) is 17.3 Å². The van der Waals surface area contributed by atoms with E-state index < -0.39 is 0 Å². The first-order valence-corrected chi connectivity index (χ1v) is 10.8. The Morgan fingerprint density at radius 3 is 2.32 bits per heavy atom. The maximum Gasteiger partial charge on any atom is 0.266 e. The predicted octanol–water partition coefficient (Wildman–Crippen LogP) is 5.44. The Balaban J connectivity index is 1.49. The smallest absolute Gasteiger partial charge is 0.266 e. The number of nitrogens with zero attached hydrogens (tertiary/aromatic N) is 2. The summed E-state index contributed by atoms with van der Waals surface area (Å²) in [4.78, 5) is 19.7. The van der Waals surface area contributed by atoms with Crippen molar-refractivity contribution in [1.82, 2.24) is 4.90 Å². The lowest BCUT2D eigenvalue weighted by molar-refractivity contribution is -0.121. The van der Waals surface area contributed by atoms with Crippen LogP contribution in [0.5, 0.6) is 11.5 Å². The zero-order chi connectivity index (χ0) is 21.8. The minimum absolute atomic E-state index is 0.0220. The normalized spacial score (nSPS) is 21.0. The summed E-state index contributed by atoms with van der Waals surface area (Å²) in [6.45, 7) is 0. The van der Waals surface area contributed by atoms with Crippen molar-refractivity contribution in [3.8, 4) is 11.5 Å². The zero-order valence-electron chi connectivity index (χ0n) is 17.7. The first kappa shape index (κ1) is 21.0. The van der Waals surface area contributed by atoms with Crippen LogP contribution < -0.4 is 9.47 Å². The van der Waals surface area contributed by atoms with Gasteiger partial charge in [-0.25, -0.2) is 4.99 Å². The Labute approximate surface area is 186 Å². The highest BCUT2D eigenvalue weighted by Gasteiger charge is 2.31. The van der Waals surface area contributed by atoms with Gasteiger partial charge in [0.25, 0.3) is 5.91 Å². The summed E-state index contributed by atoms with van der Waals surface area (Å²) in [6, 6.07) is 15.5. The minimum atomic E-state index is -0.0220. The SMILES string of the molecule is COc1ccc(/N=C2/S/C(=C\C3C=CC=C(c4ccc(OC)cc4)C3)C(=O)N2C)cc1. The maximum absolute atomic E-state index is 12.8. The molecule has 2 aromatic rings. The topological polar surface area (TPSA) is 51.1 Å². The Kier molecular flexibility index (Phi) is 6.28. The van der Waals surface area contributed by atoms with Gasteiger partial charge < -0.3 is 9.47 Å². The highest BCUT2D eigenvalue weighted by atomic mass is 32.2. The molecule has 1 fully saturated rings. The summed E-state index contributed by atoms with van der Waals surface area (Å²) in [5, 5.41) is 0.673. The average molecular weight is 433 g/mol. The van der Waals surface area contributed by atoms with E-state index in [2.05, 4.69) is 35.4 Å². The fraction of sp³-hybridized carbons (Fsp3) is 0.200. The van der Waals surface area contributed by atoms with Crippen molar-refractivity contribution >= 4 is 34.1 Å². The van der Waals surface area contributed by atoms with Gasteiger partial charge in [-0.1, -0.05) is 36.4 Å². The van der Waals surface area contributed by atoms with Crippen molar-refractivity contribution in [2.24, 2.45) is 10.9 Å². The summed E-state index contributed by atoms with van der Waals surface area (Å²) in [5.41, 5.74) is 3.19. The molecule has 0 bridgehead atoms. The van der Waals surface area contributed by atoms with E-state index in [1.54, 1.807) is 26.2 Å². The highest BCUT2D eigenvalue weighted by molar-refractivity contribution is 8.18. The second-order valence-corrected chi connectivity index (χ2v) is 8.27. The van der Waals surface area contributed by atoms with Crippen LogP contribution in [0.2, 0.25) is 0 Å². The van der Waals surface area contributed by atoms with Gasteiger partial charge in [-0.2, -0.15) is 0 Å². The number of carbonyl (C=O) groups is 1. The van der Waals surface area contributed by atoms with Crippen LogP contribution in [-0.2, 0) is 4.79 Å². The fourth-order valence-electron chi connectivity index (χ4n) is 3.47. The number of methoxy groups -OCH3 is 2. The molecule has 2 aromatic carbocycles. The number of ether oxygens (including phenoxy) is 2. The molecule has 1 aliphatic heterocycles. The number of thioether (sulfide) groups is 1. The number of amides is 1. The number of allylic oxidation sites excluding steroid dienone is 5. The van der Waals surface area contributed by atoms with E-state index in [0.717, 1.165) is 29.2 Å². The van der Waals surface area contributed by atoms with Gasteiger partial charge in [0.15, 0.2) is 5.17 Å². The Hall–Kier alpha value is -3.25. The minimum Gasteiger partial charge on any atom is -0.497 e. The van der Waals surface area contributed by atoms with Crippen molar-refractivity contribution in [1.29, 1.82) is 0 Å². The molecule has 0 saturated carbocycles. The van der Waals surface area contributed by atoms with E-state index in [-0.39, 0.29) is 11.8 Å². The zero-order valence-corrected chi connectivity index (χ0v) is 18.6. The second-order valence-electron chi connectivity index (χ2n) is 7.26. The summed E-state index contributed by atoms with van der Waals surface area (Å²) in [5.74, 6) is 1.75. The van der Waals surface area contributed by atoms with Gasteiger partial charge >= 0.3 is 0 Å². The van der Waals surface area contributed by atoms with Crippen molar-refractivity contribution in [2.75, 3.05) is 21.3 Å². The third-order valence-corrected chi connectivity index (χ3v) is 6.32. The molecule has 0 spiro atoms. The molecule has 5 nitrogen and oxygen atoms in total. The van der Waals surface area contributed by atoms with Crippen LogP contribution in [0, 0.1) is 5.92 Å². The Morgan fingerprint density at radius 1 is 1.03 bits per heavy atom. The Bertz CT molecular complexity index is 1080. The average Bonchev–Trinajstić information content (AvgIpc) is 3.07. The molecular weight excluding hydrogens is 408 g/mol. The molecule has 1 heterocycles. The highest BCUT2D eigenvalue weighted by Crippen LogP contribution is 2.36. The molecule has 0 radical (unpaired) electrons. The maximum atomic E-state index is 12.8. The van der Waals surface area contributed by atoms with E-state index in [0.29, 0.717) is 10.1 Å². The molecule has 0 aromatic heterocycles. The fourth-order valence-corrected chi connectivity index (χ4v) is 4.50. The van der Waals surface area contributed by atoms with Gasteiger partial charge in [0, 0.05) is 13.0 Å². The largest absolute Gasteiger partial charge is 0.497 e. The quantitative estimate of drug-likeness (QED) is 0.591. The molecule has 1 amide bonds. The number of hydrogen-bond acceptors (Lipinski definition) is 5. The molecule has 1 unspecified atom stereocenters. The number of likely N-dealkylation sites (N-methyl/N-ethyl adjacent to an activating group) is 1. The molecule has 4 rings (SSSR count). The molecule has 6 heteroatoms. The van der Waals surface area contributed by atoms with Crippen molar-refractivity contribution in [3.05, 3.63) is 83.3 Å². The van der Waals surface area contributed by atoms with Crippen molar-refractivity contribution < 1.29 is 14.3 Å². The van der Waals surface area contributed by atoms with Crippen LogP contribution in [0.4, 0.5) is 5.69 Å². The third-order valence-electron chi connectivity index (χ3n) is 5.24. The summed E-state index contributed by atoms with van der Waals surface area (Å²) >= 11 is 1.41. The Morgan fingerprint density at radius 2 is 1.68 bits per heavy atom. The van der Waals surface area contributed by atoms with Crippen LogP contribution in [0.15, 0.2) is 82.7 Å². The molecule has 1 aliphatic carbocycles. The lowest BCUT2D eigenvalue weighted by Gasteiger charge is -2.16. The number of benzene rings is 2. The summed E-state index contributed by atoms with van der Waals surface area (Å²) in [7, 11) is 5.06. The van der Waals surface area contributed by atoms with Crippen LogP contribution in [0.25, 0.3) is 5.57 Å². The van der Waals surface area contributed by atoms with Crippen LogP contribution in [-0.4, -0.2) is 37.2 Å². The number of aliphatic imine (C=N–C) groups is 1. The van der Waals surface area contributed by atoms with Crippen molar-refractivity contribution in [2.45, 2.75) is 6.42 Å². The molecule has 0 N–H and O–H groups in total. The lowest BCUT2D eigenvalue weighted by Crippen LogP contribution is -2.23. The molecule has 1 atom stereocenters. The molecule has 158 valence electrons. The second kappa shape index (κ2) is 9.27. The van der Waals surface area contributed by atoms with E-state index in [1.807, 2.05) is 42.5 Å². The van der Waals surface area contributed by atoms with E-state index in [9.17, 15) is 4.79 Å². The van der Waals surface area contributed by atoms with Gasteiger partial charge in [0.2, 0.25) is 0 Å². The monoisotopic (exact) mass is 432 g/mol. The summed E-state index contributed by atoms with van der Waals surface area (Å²) < 4.78 is 10.4. The summed E-state index contributed by atoms with van der Waals surface area (Å²) in [6.07, 6.45) is 9.21.